The van der Waals surface area contributed by atoms with Crippen LogP contribution >= 0.6 is 0 Å². The molecular formula is C20H26N4O2. The van der Waals surface area contributed by atoms with Crippen molar-refractivity contribution in [2.45, 2.75) is 57.6 Å². The Morgan fingerprint density at radius 1 is 1.23 bits per heavy atom. The van der Waals surface area contributed by atoms with E-state index < -0.39 is 5.60 Å². The van der Waals surface area contributed by atoms with E-state index in [9.17, 15) is 9.90 Å². The zero-order valence-electron chi connectivity index (χ0n) is 15.5. The third kappa shape index (κ3) is 3.03. The van der Waals surface area contributed by atoms with Crippen LogP contribution in [0.4, 0.5) is 0 Å². The minimum Gasteiger partial charge on any atom is -0.382 e. The van der Waals surface area contributed by atoms with Gasteiger partial charge in [0, 0.05) is 18.2 Å². The van der Waals surface area contributed by atoms with E-state index in [4.69, 9.17) is 0 Å². The number of rotatable bonds is 3. The lowest BCUT2D eigenvalue weighted by Gasteiger charge is -2.38. The Balaban J connectivity index is 1.55. The highest BCUT2D eigenvalue weighted by atomic mass is 16.3. The van der Waals surface area contributed by atoms with Crippen molar-refractivity contribution in [3.05, 3.63) is 46.8 Å². The van der Waals surface area contributed by atoms with Gasteiger partial charge in [-0.3, -0.25) is 4.79 Å². The quantitative estimate of drug-likeness (QED) is 0.919. The summed E-state index contributed by atoms with van der Waals surface area (Å²) in [4.78, 5) is 14.8. The van der Waals surface area contributed by atoms with Crippen LogP contribution in [0.2, 0.25) is 0 Å². The number of benzene rings is 1. The van der Waals surface area contributed by atoms with E-state index in [1.807, 2.05) is 26.0 Å². The number of amides is 1. The predicted molar refractivity (Wildman–Crippen MR) is 97.9 cm³/mol. The second-order valence-electron chi connectivity index (χ2n) is 7.88. The molecule has 1 aromatic heterocycles. The minimum atomic E-state index is -1.13. The van der Waals surface area contributed by atoms with Gasteiger partial charge in [0.1, 0.15) is 11.3 Å². The zero-order chi connectivity index (χ0) is 18.3. The van der Waals surface area contributed by atoms with Crippen molar-refractivity contribution in [2.24, 2.45) is 0 Å². The first-order chi connectivity index (χ1) is 12.5. The topological polar surface area (TPSA) is 71.2 Å². The van der Waals surface area contributed by atoms with E-state index in [0.717, 1.165) is 24.8 Å². The monoisotopic (exact) mass is 354 g/mol. The number of fused-ring (bicyclic) bond motifs is 1. The molecular weight excluding hydrogens is 328 g/mol. The molecule has 2 aliphatic rings. The molecule has 1 atom stereocenters. The van der Waals surface area contributed by atoms with Gasteiger partial charge in [-0.15, -0.1) is 5.10 Å². The van der Waals surface area contributed by atoms with E-state index in [2.05, 4.69) is 16.4 Å². The van der Waals surface area contributed by atoms with Crippen molar-refractivity contribution >= 4 is 5.91 Å². The number of nitrogens with zero attached hydrogens (tertiary/aromatic N) is 4. The van der Waals surface area contributed by atoms with Crippen molar-refractivity contribution in [1.29, 1.82) is 0 Å². The Kier molecular flexibility index (Phi) is 4.31. The van der Waals surface area contributed by atoms with Gasteiger partial charge in [-0.05, 0) is 69.2 Å². The van der Waals surface area contributed by atoms with E-state index in [-0.39, 0.29) is 18.5 Å². The van der Waals surface area contributed by atoms with Crippen molar-refractivity contribution in [3.8, 4) is 0 Å². The maximum absolute atomic E-state index is 13.0. The van der Waals surface area contributed by atoms with E-state index in [1.165, 1.54) is 17.5 Å². The van der Waals surface area contributed by atoms with Gasteiger partial charge in [0.05, 0.1) is 12.7 Å². The summed E-state index contributed by atoms with van der Waals surface area (Å²) < 4.78 is 1.74. The fraction of sp³-hybridized carbons (Fsp3) is 0.550. The van der Waals surface area contributed by atoms with Crippen LogP contribution in [0.3, 0.4) is 0 Å². The molecule has 1 saturated heterocycles. The molecule has 0 radical (unpaired) electrons. The van der Waals surface area contributed by atoms with Crippen LogP contribution in [0.15, 0.2) is 24.4 Å². The molecule has 1 amide bonds. The Morgan fingerprint density at radius 2 is 2.04 bits per heavy atom. The molecule has 138 valence electrons. The summed E-state index contributed by atoms with van der Waals surface area (Å²) in [6, 6.07) is 6.23. The van der Waals surface area contributed by atoms with Crippen LogP contribution in [0.1, 0.15) is 66.3 Å². The van der Waals surface area contributed by atoms with Crippen molar-refractivity contribution in [2.75, 3.05) is 13.1 Å². The number of aliphatic hydroxyl groups is 1. The first-order valence-corrected chi connectivity index (χ1v) is 9.52. The maximum atomic E-state index is 13.0. The van der Waals surface area contributed by atoms with Gasteiger partial charge in [-0.25, -0.2) is 4.68 Å². The van der Waals surface area contributed by atoms with Gasteiger partial charge >= 0.3 is 0 Å². The third-order valence-electron chi connectivity index (χ3n) is 5.62. The number of hydrogen-bond donors (Lipinski definition) is 1. The lowest BCUT2D eigenvalue weighted by Crippen LogP contribution is -2.48. The maximum Gasteiger partial charge on any atom is 0.253 e. The molecule has 6 heteroatoms. The largest absolute Gasteiger partial charge is 0.382 e. The van der Waals surface area contributed by atoms with Crippen LogP contribution in [0, 0.1) is 0 Å². The van der Waals surface area contributed by atoms with Gasteiger partial charge in [-0.2, -0.15) is 0 Å². The summed E-state index contributed by atoms with van der Waals surface area (Å²) in [6.45, 7) is 4.97. The molecule has 0 spiro atoms. The number of hydrogen-bond acceptors (Lipinski definition) is 4. The SMILES string of the molecule is CC(C)n1cc(C2(O)CCCN(C(=O)c3ccc4c(c3)CCC4)C2)nn1. The smallest absolute Gasteiger partial charge is 0.253 e. The fourth-order valence-corrected chi connectivity index (χ4v) is 4.05. The summed E-state index contributed by atoms with van der Waals surface area (Å²) >= 11 is 0. The van der Waals surface area contributed by atoms with Crippen LogP contribution in [0.5, 0.6) is 0 Å². The Labute approximate surface area is 153 Å². The highest BCUT2D eigenvalue weighted by Gasteiger charge is 2.39. The highest BCUT2D eigenvalue weighted by Crippen LogP contribution is 2.31. The number of carbonyl (C=O) groups is 1. The van der Waals surface area contributed by atoms with Crippen molar-refractivity contribution in [1.82, 2.24) is 19.9 Å². The Hall–Kier alpha value is -2.21. The third-order valence-corrected chi connectivity index (χ3v) is 5.62. The summed E-state index contributed by atoms with van der Waals surface area (Å²) in [5, 5.41) is 19.4. The molecule has 1 aliphatic carbocycles. The number of carbonyl (C=O) groups excluding carboxylic acids is 1. The zero-order valence-corrected chi connectivity index (χ0v) is 15.5. The molecule has 1 N–H and O–H groups in total. The number of β-amino-alcohol motifs (C(OH)–C–C–N with tert-alkyl or cyclic N) is 1. The molecule has 26 heavy (non-hydrogen) atoms. The normalized spacial score (nSPS) is 22.7. The Bertz CT molecular complexity index is 829. The van der Waals surface area contributed by atoms with Crippen molar-refractivity contribution in [3.63, 3.8) is 0 Å². The number of aryl methyl sites for hydroxylation is 2. The molecule has 0 saturated carbocycles. The molecule has 1 aromatic carbocycles. The molecule has 0 bridgehead atoms. The van der Waals surface area contributed by atoms with Crippen LogP contribution in [-0.4, -0.2) is 44.0 Å². The van der Waals surface area contributed by atoms with E-state index in [0.29, 0.717) is 18.7 Å². The van der Waals surface area contributed by atoms with Gasteiger partial charge in [0.25, 0.3) is 5.91 Å². The van der Waals surface area contributed by atoms with Gasteiger partial charge in [0.15, 0.2) is 0 Å². The number of likely N-dealkylation sites (tertiary alicyclic amines) is 1. The average Bonchev–Trinajstić information content (AvgIpc) is 3.30. The first-order valence-electron chi connectivity index (χ1n) is 9.52. The van der Waals surface area contributed by atoms with Gasteiger partial charge in [-0.1, -0.05) is 11.3 Å². The van der Waals surface area contributed by atoms with Crippen molar-refractivity contribution < 1.29 is 9.90 Å². The lowest BCUT2D eigenvalue weighted by atomic mass is 9.89. The second-order valence-corrected chi connectivity index (χ2v) is 7.88. The summed E-state index contributed by atoms with van der Waals surface area (Å²) in [5.74, 6) is -0.00548. The first kappa shape index (κ1) is 17.2. The van der Waals surface area contributed by atoms with Gasteiger partial charge in [0.2, 0.25) is 0 Å². The molecule has 6 nitrogen and oxygen atoms in total. The van der Waals surface area contributed by atoms with Gasteiger partial charge < -0.3 is 10.0 Å². The standard InChI is InChI=1S/C20H26N4O2/c1-14(2)24-12-18(21-22-24)20(26)9-4-10-23(13-20)19(25)17-8-7-15-5-3-6-16(15)11-17/h7-8,11-12,14,26H,3-6,9-10,13H2,1-2H3. The average molecular weight is 354 g/mol. The second kappa shape index (κ2) is 6.50. The lowest BCUT2D eigenvalue weighted by molar-refractivity contribution is -0.0320. The predicted octanol–water partition coefficient (Wildman–Crippen LogP) is 2.47. The molecule has 2 heterocycles. The fourth-order valence-electron chi connectivity index (χ4n) is 4.05. The Morgan fingerprint density at radius 3 is 2.81 bits per heavy atom. The summed E-state index contributed by atoms with van der Waals surface area (Å²) in [7, 11) is 0. The van der Waals surface area contributed by atoms with Crippen LogP contribution < -0.4 is 0 Å². The summed E-state index contributed by atoms with van der Waals surface area (Å²) in [5.41, 5.74) is 2.81. The van der Waals surface area contributed by atoms with E-state index in [1.54, 1.807) is 15.8 Å². The molecule has 1 fully saturated rings. The molecule has 1 aliphatic heterocycles. The van der Waals surface area contributed by atoms with Crippen LogP contribution in [-0.2, 0) is 18.4 Å². The minimum absolute atomic E-state index is 0.00548. The molecule has 2 aromatic rings. The number of piperidine rings is 1. The van der Waals surface area contributed by atoms with Crippen LogP contribution in [0.25, 0.3) is 0 Å². The molecule has 1 unspecified atom stereocenters. The van der Waals surface area contributed by atoms with E-state index >= 15 is 0 Å². The summed E-state index contributed by atoms with van der Waals surface area (Å²) in [6.07, 6.45) is 6.48. The number of aromatic nitrogens is 3. The highest BCUT2D eigenvalue weighted by molar-refractivity contribution is 5.94. The molecule has 4 rings (SSSR count).